The second-order valence-corrected chi connectivity index (χ2v) is 3.37. The molecule has 0 atom stereocenters. The van der Waals surface area contributed by atoms with Crippen LogP contribution in [0.4, 0.5) is 0 Å². The van der Waals surface area contributed by atoms with Gasteiger partial charge in [0.2, 0.25) is 0 Å². The monoisotopic (exact) mass is 241 g/mol. The molecule has 0 radical (unpaired) electrons. The maximum atomic E-state index is 11.2. The predicted octanol–water partition coefficient (Wildman–Crippen LogP) is 0.374. The summed E-state index contributed by atoms with van der Waals surface area (Å²) in [5, 5.41) is 0.356. The smallest absolute Gasteiger partial charge is 0.291 e. The Morgan fingerprint density at radius 3 is 2.85 bits per heavy atom. The first-order valence-corrected chi connectivity index (χ1v) is 4.24. The largest absolute Gasteiger partial charge is 0.327 e. The van der Waals surface area contributed by atoms with Gasteiger partial charge in [-0.15, -0.1) is 0 Å². The molecule has 2 rings (SSSR count). The van der Waals surface area contributed by atoms with Crippen molar-refractivity contribution in [3.8, 4) is 0 Å². The molecule has 6 heteroatoms. The average Bonchev–Trinajstić information content (AvgIpc) is 2.06. The fourth-order valence-corrected chi connectivity index (χ4v) is 1.35. The van der Waals surface area contributed by atoms with Crippen LogP contribution in [0.3, 0.4) is 0 Å². The van der Waals surface area contributed by atoms with Crippen molar-refractivity contribution in [1.82, 2.24) is 15.0 Å². The van der Waals surface area contributed by atoms with Gasteiger partial charge in [0, 0.05) is 10.7 Å². The molecule has 0 aromatic carbocycles. The van der Waals surface area contributed by atoms with Crippen molar-refractivity contribution in [2.24, 2.45) is 0 Å². The van der Waals surface area contributed by atoms with Gasteiger partial charge < -0.3 is 0 Å². The third-order valence-electron chi connectivity index (χ3n) is 1.56. The molecule has 0 fully saturated rings. The number of nitrogens with one attached hydrogen (secondary N) is 2. The van der Waals surface area contributed by atoms with Crippen LogP contribution in [-0.4, -0.2) is 15.0 Å². The second kappa shape index (κ2) is 2.81. The van der Waals surface area contributed by atoms with E-state index >= 15 is 0 Å². The Morgan fingerprint density at radius 1 is 1.31 bits per heavy atom. The van der Waals surface area contributed by atoms with Crippen molar-refractivity contribution < 1.29 is 0 Å². The number of pyridine rings is 1. The standard InChI is InChI=1S/C7H4BrN3O2/c8-3-1-4-5(9-2-3)10-7(13)11-6(4)12/h1-2H,(H2,9,10,11,12,13). The van der Waals surface area contributed by atoms with Crippen LogP contribution in [0.2, 0.25) is 0 Å². The molecule has 2 heterocycles. The molecule has 0 aliphatic carbocycles. The van der Waals surface area contributed by atoms with Crippen LogP contribution < -0.4 is 11.2 Å². The van der Waals surface area contributed by atoms with Gasteiger partial charge in [-0.1, -0.05) is 0 Å². The number of rotatable bonds is 0. The molecule has 0 aliphatic heterocycles. The number of H-pyrrole nitrogens is 2. The zero-order chi connectivity index (χ0) is 9.42. The highest BCUT2D eigenvalue weighted by Crippen LogP contribution is 2.10. The van der Waals surface area contributed by atoms with Crippen molar-refractivity contribution in [3.05, 3.63) is 37.6 Å². The summed E-state index contributed by atoms with van der Waals surface area (Å²) in [5.74, 6) is 0. The Bertz CT molecular complexity index is 572. The first-order valence-electron chi connectivity index (χ1n) is 3.45. The predicted molar refractivity (Wildman–Crippen MR) is 50.7 cm³/mol. The van der Waals surface area contributed by atoms with Crippen molar-refractivity contribution in [1.29, 1.82) is 0 Å². The number of halogens is 1. The summed E-state index contributed by atoms with van der Waals surface area (Å²) in [5.41, 5.74) is -0.697. The van der Waals surface area contributed by atoms with Crippen molar-refractivity contribution >= 4 is 27.0 Å². The molecule has 0 bridgehead atoms. The van der Waals surface area contributed by atoms with Gasteiger partial charge in [0.25, 0.3) is 5.56 Å². The quantitative estimate of drug-likeness (QED) is 0.700. The summed E-state index contributed by atoms with van der Waals surface area (Å²) in [7, 11) is 0. The summed E-state index contributed by atoms with van der Waals surface area (Å²) in [6.07, 6.45) is 1.51. The Hall–Kier alpha value is -1.43. The zero-order valence-electron chi connectivity index (χ0n) is 6.30. The van der Waals surface area contributed by atoms with Crippen molar-refractivity contribution in [2.45, 2.75) is 0 Å². The maximum absolute atomic E-state index is 11.2. The highest BCUT2D eigenvalue weighted by atomic mass is 79.9. The lowest BCUT2D eigenvalue weighted by Crippen LogP contribution is -2.22. The van der Waals surface area contributed by atoms with Gasteiger partial charge >= 0.3 is 5.69 Å². The molecule has 66 valence electrons. The minimum atomic E-state index is -0.549. The summed E-state index contributed by atoms with van der Waals surface area (Å²) < 4.78 is 0.692. The molecule has 0 saturated heterocycles. The molecule has 13 heavy (non-hydrogen) atoms. The third-order valence-corrected chi connectivity index (χ3v) is 1.99. The van der Waals surface area contributed by atoms with Gasteiger partial charge in [0.05, 0.1) is 5.39 Å². The molecule has 0 saturated carbocycles. The number of hydrogen-bond donors (Lipinski definition) is 2. The molecular formula is C7H4BrN3O2. The van der Waals surface area contributed by atoms with E-state index in [2.05, 4.69) is 30.9 Å². The summed E-state index contributed by atoms with van der Waals surface area (Å²) in [6.45, 7) is 0. The lowest BCUT2D eigenvalue weighted by Gasteiger charge is -1.94. The molecule has 0 spiro atoms. The molecule has 0 amide bonds. The van der Waals surface area contributed by atoms with Crippen molar-refractivity contribution in [3.63, 3.8) is 0 Å². The summed E-state index contributed by atoms with van der Waals surface area (Å²) in [4.78, 5) is 30.4. The van der Waals surface area contributed by atoms with E-state index in [4.69, 9.17) is 0 Å². The number of aromatic amines is 2. The topological polar surface area (TPSA) is 78.6 Å². The van der Waals surface area contributed by atoms with Crippen LogP contribution in [0, 0.1) is 0 Å². The Balaban J connectivity index is 3.04. The summed E-state index contributed by atoms with van der Waals surface area (Å²) >= 11 is 3.18. The van der Waals surface area contributed by atoms with Crippen LogP contribution >= 0.6 is 15.9 Å². The van der Waals surface area contributed by atoms with E-state index in [-0.39, 0.29) is 5.65 Å². The van der Waals surface area contributed by atoms with E-state index < -0.39 is 11.2 Å². The SMILES string of the molecule is O=c1[nH]c(=O)c2cc(Br)cnc2[nH]1. The van der Waals surface area contributed by atoms with Gasteiger partial charge in [-0.2, -0.15) is 0 Å². The van der Waals surface area contributed by atoms with E-state index in [1.165, 1.54) is 6.20 Å². The zero-order valence-corrected chi connectivity index (χ0v) is 7.88. The second-order valence-electron chi connectivity index (χ2n) is 2.46. The number of nitrogens with zero attached hydrogens (tertiary/aromatic N) is 1. The Morgan fingerprint density at radius 2 is 2.08 bits per heavy atom. The molecule has 2 aromatic heterocycles. The van der Waals surface area contributed by atoms with Gasteiger partial charge in [0.15, 0.2) is 0 Å². The van der Waals surface area contributed by atoms with E-state index in [1.807, 2.05) is 0 Å². The van der Waals surface area contributed by atoms with Gasteiger partial charge in [0.1, 0.15) is 5.65 Å². The van der Waals surface area contributed by atoms with Crippen LogP contribution in [-0.2, 0) is 0 Å². The Labute approximate surface area is 80.0 Å². The minimum Gasteiger partial charge on any atom is -0.291 e. The van der Waals surface area contributed by atoms with Crippen LogP contribution in [0.25, 0.3) is 11.0 Å². The number of hydrogen-bond acceptors (Lipinski definition) is 3. The first-order chi connectivity index (χ1) is 6.16. The molecular weight excluding hydrogens is 238 g/mol. The molecule has 2 N–H and O–H groups in total. The summed E-state index contributed by atoms with van der Waals surface area (Å²) in [6, 6.07) is 1.59. The van der Waals surface area contributed by atoms with E-state index in [0.29, 0.717) is 9.86 Å². The molecule has 2 aromatic rings. The highest BCUT2D eigenvalue weighted by molar-refractivity contribution is 9.10. The fourth-order valence-electron chi connectivity index (χ4n) is 1.02. The molecule has 0 unspecified atom stereocenters. The van der Waals surface area contributed by atoms with E-state index in [0.717, 1.165) is 0 Å². The van der Waals surface area contributed by atoms with Gasteiger partial charge in [-0.05, 0) is 22.0 Å². The third kappa shape index (κ3) is 1.40. The number of aromatic nitrogens is 3. The van der Waals surface area contributed by atoms with Gasteiger partial charge in [-0.3, -0.25) is 14.8 Å². The van der Waals surface area contributed by atoms with E-state index in [1.54, 1.807) is 6.07 Å². The maximum Gasteiger partial charge on any atom is 0.327 e. The Kier molecular flexibility index (Phi) is 1.77. The highest BCUT2D eigenvalue weighted by Gasteiger charge is 2.01. The normalized spacial score (nSPS) is 10.5. The minimum absolute atomic E-state index is 0.289. The lowest BCUT2D eigenvalue weighted by molar-refractivity contribution is 1.06. The number of fused-ring (bicyclic) bond motifs is 1. The van der Waals surface area contributed by atoms with Crippen molar-refractivity contribution in [2.75, 3.05) is 0 Å². The van der Waals surface area contributed by atoms with E-state index in [9.17, 15) is 9.59 Å². The average molecular weight is 242 g/mol. The van der Waals surface area contributed by atoms with Crippen LogP contribution in [0.5, 0.6) is 0 Å². The fraction of sp³-hybridized carbons (Fsp3) is 0. The molecule has 5 nitrogen and oxygen atoms in total. The van der Waals surface area contributed by atoms with Crippen LogP contribution in [0.1, 0.15) is 0 Å². The first kappa shape index (κ1) is 8.18. The lowest BCUT2D eigenvalue weighted by atomic mass is 10.3. The van der Waals surface area contributed by atoms with Gasteiger partial charge in [-0.25, -0.2) is 9.78 Å². The molecule has 0 aliphatic rings. The van der Waals surface area contributed by atoms with Crippen LogP contribution in [0.15, 0.2) is 26.3 Å².